The summed E-state index contributed by atoms with van der Waals surface area (Å²) in [5.41, 5.74) is 0.0183. The lowest BCUT2D eigenvalue weighted by atomic mass is 9.94. The van der Waals surface area contributed by atoms with Crippen molar-refractivity contribution in [3.63, 3.8) is 0 Å². The Bertz CT molecular complexity index is 685. The van der Waals surface area contributed by atoms with Gasteiger partial charge in [0.15, 0.2) is 5.78 Å². The maximum absolute atomic E-state index is 13.0. The van der Waals surface area contributed by atoms with Gasteiger partial charge in [-0.15, -0.1) is 0 Å². The van der Waals surface area contributed by atoms with E-state index in [1.807, 2.05) is 0 Å². The highest BCUT2D eigenvalue weighted by Crippen LogP contribution is 2.23. The summed E-state index contributed by atoms with van der Waals surface area (Å²) >= 11 is 0. The fourth-order valence-corrected chi connectivity index (χ4v) is 2.21. The van der Waals surface area contributed by atoms with Gasteiger partial charge in [-0.1, -0.05) is 0 Å². The van der Waals surface area contributed by atoms with E-state index in [1.165, 1.54) is 18.2 Å². The SMILES string of the molecule is O=C1CCCc2oc3cc(F)ccc3c(=O)c21. The van der Waals surface area contributed by atoms with Crippen LogP contribution in [0.1, 0.15) is 29.0 Å². The average molecular weight is 232 g/mol. The van der Waals surface area contributed by atoms with E-state index in [-0.39, 0.29) is 27.7 Å². The molecule has 1 aliphatic carbocycles. The molecule has 0 bridgehead atoms. The van der Waals surface area contributed by atoms with Gasteiger partial charge in [-0.3, -0.25) is 9.59 Å². The summed E-state index contributed by atoms with van der Waals surface area (Å²) < 4.78 is 18.5. The number of hydrogen-bond donors (Lipinski definition) is 0. The molecule has 0 spiro atoms. The van der Waals surface area contributed by atoms with Crippen molar-refractivity contribution in [1.29, 1.82) is 0 Å². The van der Waals surface area contributed by atoms with Gasteiger partial charge in [-0.05, 0) is 18.6 Å². The molecule has 0 atom stereocenters. The smallest absolute Gasteiger partial charge is 0.203 e. The zero-order chi connectivity index (χ0) is 12.0. The van der Waals surface area contributed by atoms with Gasteiger partial charge in [-0.25, -0.2) is 4.39 Å². The molecule has 0 saturated carbocycles. The van der Waals surface area contributed by atoms with Crippen LogP contribution in [0.15, 0.2) is 27.4 Å². The van der Waals surface area contributed by atoms with E-state index in [4.69, 9.17) is 4.42 Å². The minimum Gasteiger partial charge on any atom is -0.460 e. The predicted molar refractivity (Wildman–Crippen MR) is 59.7 cm³/mol. The number of Topliss-reactive ketones (excluding diaryl/α,β-unsaturated/α-hetero) is 1. The molecule has 0 amide bonds. The number of halogens is 1. The normalized spacial score (nSPS) is 15.0. The zero-order valence-electron chi connectivity index (χ0n) is 8.96. The van der Waals surface area contributed by atoms with E-state index in [2.05, 4.69) is 0 Å². The Hall–Kier alpha value is -1.97. The van der Waals surface area contributed by atoms with Gasteiger partial charge < -0.3 is 4.42 Å². The number of hydrogen-bond acceptors (Lipinski definition) is 3. The second-order valence-corrected chi connectivity index (χ2v) is 4.15. The predicted octanol–water partition coefficient (Wildman–Crippen LogP) is 2.45. The molecule has 0 saturated heterocycles. The van der Waals surface area contributed by atoms with E-state index >= 15 is 0 Å². The van der Waals surface area contributed by atoms with Crippen molar-refractivity contribution >= 4 is 16.8 Å². The third-order valence-corrected chi connectivity index (χ3v) is 3.01. The molecule has 4 heteroatoms. The lowest BCUT2D eigenvalue weighted by Crippen LogP contribution is -2.22. The van der Waals surface area contributed by atoms with E-state index in [9.17, 15) is 14.0 Å². The summed E-state index contributed by atoms with van der Waals surface area (Å²) in [7, 11) is 0. The first-order chi connectivity index (χ1) is 8.16. The number of benzene rings is 1. The Labute approximate surface area is 95.9 Å². The summed E-state index contributed by atoms with van der Waals surface area (Å²) in [5, 5.41) is 0.264. The molecule has 0 aliphatic heterocycles. The van der Waals surface area contributed by atoms with Crippen LogP contribution in [0.2, 0.25) is 0 Å². The van der Waals surface area contributed by atoms with Crippen LogP contribution in [-0.2, 0) is 6.42 Å². The highest BCUT2D eigenvalue weighted by molar-refractivity contribution is 6.00. The first kappa shape index (κ1) is 10.2. The number of fused-ring (bicyclic) bond motifs is 2. The van der Waals surface area contributed by atoms with E-state index in [0.29, 0.717) is 25.0 Å². The zero-order valence-corrected chi connectivity index (χ0v) is 8.96. The Morgan fingerprint density at radius 1 is 1.18 bits per heavy atom. The summed E-state index contributed by atoms with van der Waals surface area (Å²) in [6.45, 7) is 0. The maximum Gasteiger partial charge on any atom is 0.203 e. The lowest BCUT2D eigenvalue weighted by molar-refractivity contribution is 0.0966. The standard InChI is InChI=1S/C13H9FO3/c14-7-4-5-8-11(6-7)17-10-3-1-2-9(15)12(10)13(8)16/h4-6H,1-3H2. The van der Waals surface area contributed by atoms with Gasteiger partial charge in [0, 0.05) is 18.9 Å². The van der Waals surface area contributed by atoms with Crippen LogP contribution in [0.3, 0.4) is 0 Å². The van der Waals surface area contributed by atoms with Crippen LogP contribution >= 0.6 is 0 Å². The molecule has 17 heavy (non-hydrogen) atoms. The molecule has 1 aromatic heterocycles. The van der Waals surface area contributed by atoms with Crippen LogP contribution in [0.5, 0.6) is 0 Å². The molecule has 0 fully saturated rings. The van der Waals surface area contributed by atoms with Crippen LogP contribution in [0, 0.1) is 5.82 Å². The van der Waals surface area contributed by atoms with Gasteiger partial charge in [0.25, 0.3) is 0 Å². The first-order valence-corrected chi connectivity index (χ1v) is 5.45. The van der Waals surface area contributed by atoms with E-state index in [1.54, 1.807) is 0 Å². The highest BCUT2D eigenvalue weighted by atomic mass is 19.1. The molecular formula is C13H9FO3. The molecule has 1 aliphatic rings. The lowest BCUT2D eigenvalue weighted by Gasteiger charge is -2.13. The first-order valence-electron chi connectivity index (χ1n) is 5.45. The third-order valence-electron chi connectivity index (χ3n) is 3.01. The van der Waals surface area contributed by atoms with Crippen molar-refractivity contribution in [2.75, 3.05) is 0 Å². The summed E-state index contributed by atoms with van der Waals surface area (Å²) in [5.74, 6) is -0.238. The molecular weight excluding hydrogens is 223 g/mol. The molecule has 1 heterocycles. The van der Waals surface area contributed by atoms with Crippen molar-refractivity contribution in [3.05, 3.63) is 45.6 Å². The Kier molecular flexibility index (Phi) is 2.11. The van der Waals surface area contributed by atoms with Crippen LogP contribution in [-0.4, -0.2) is 5.78 Å². The van der Waals surface area contributed by atoms with Crippen LogP contribution < -0.4 is 5.43 Å². The largest absolute Gasteiger partial charge is 0.460 e. The number of aryl methyl sites for hydroxylation is 1. The number of carbonyl (C=O) groups excluding carboxylic acids is 1. The van der Waals surface area contributed by atoms with Crippen molar-refractivity contribution in [3.8, 4) is 0 Å². The minimum absolute atomic E-state index is 0.148. The Morgan fingerprint density at radius 3 is 2.82 bits per heavy atom. The monoisotopic (exact) mass is 232 g/mol. The van der Waals surface area contributed by atoms with Crippen molar-refractivity contribution in [2.24, 2.45) is 0 Å². The number of rotatable bonds is 0. The molecule has 3 nitrogen and oxygen atoms in total. The Balaban J connectivity index is 2.43. The molecule has 0 radical (unpaired) electrons. The van der Waals surface area contributed by atoms with Gasteiger partial charge in [0.05, 0.1) is 5.39 Å². The molecule has 86 valence electrons. The van der Waals surface area contributed by atoms with Gasteiger partial charge >= 0.3 is 0 Å². The molecule has 0 unspecified atom stereocenters. The molecule has 3 rings (SSSR count). The highest BCUT2D eigenvalue weighted by Gasteiger charge is 2.24. The Morgan fingerprint density at radius 2 is 2.00 bits per heavy atom. The maximum atomic E-state index is 13.0. The van der Waals surface area contributed by atoms with E-state index in [0.717, 1.165) is 0 Å². The van der Waals surface area contributed by atoms with Gasteiger partial charge in [-0.2, -0.15) is 0 Å². The van der Waals surface area contributed by atoms with Crippen molar-refractivity contribution in [2.45, 2.75) is 19.3 Å². The molecule has 2 aromatic rings. The second-order valence-electron chi connectivity index (χ2n) is 4.15. The van der Waals surface area contributed by atoms with Crippen LogP contribution in [0.4, 0.5) is 4.39 Å². The van der Waals surface area contributed by atoms with Crippen molar-refractivity contribution < 1.29 is 13.6 Å². The van der Waals surface area contributed by atoms with Crippen LogP contribution in [0.25, 0.3) is 11.0 Å². The fraction of sp³-hybridized carbons (Fsp3) is 0.231. The second kappa shape index (κ2) is 3.52. The summed E-state index contributed by atoms with van der Waals surface area (Å²) in [6, 6.07) is 3.73. The fourth-order valence-electron chi connectivity index (χ4n) is 2.21. The van der Waals surface area contributed by atoms with Crippen molar-refractivity contribution in [1.82, 2.24) is 0 Å². The quantitative estimate of drug-likeness (QED) is 0.700. The number of carbonyl (C=O) groups is 1. The average Bonchev–Trinajstić information content (AvgIpc) is 2.28. The van der Waals surface area contributed by atoms with E-state index < -0.39 is 5.82 Å². The molecule has 0 N–H and O–H groups in total. The summed E-state index contributed by atoms with van der Waals surface area (Å²) in [6.07, 6.45) is 1.61. The van der Waals surface area contributed by atoms with Gasteiger partial charge in [0.1, 0.15) is 22.7 Å². The molecule has 1 aromatic carbocycles. The number of ketones is 1. The third kappa shape index (κ3) is 1.48. The minimum atomic E-state index is -0.456. The topological polar surface area (TPSA) is 47.3 Å². The summed E-state index contributed by atoms with van der Waals surface area (Å²) in [4.78, 5) is 23.8. The van der Waals surface area contributed by atoms with Gasteiger partial charge in [0.2, 0.25) is 5.43 Å².